The van der Waals surface area contributed by atoms with Crippen molar-refractivity contribution in [2.24, 2.45) is 35.5 Å². The number of aliphatic hydroxyl groups is 1. The van der Waals surface area contributed by atoms with Gasteiger partial charge in [-0.2, -0.15) is 0 Å². The van der Waals surface area contributed by atoms with E-state index in [0.29, 0.717) is 12.3 Å². The Bertz CT molecular complexity index is 869. The molecule has 3 saturated carbocycles. The van der Waals surface area contributed by atoms with Crippen LogP contribution in [0.15, 0.2) is 24.3 Å². The lowest BCUT2D eigenvalue weighted by molar-refractivity contribution is -0.154. The number of ether oxygens (including phenoxy) is 1. The minimum Gasteiger partial charge on any atom is -0.460 e. The van der Waals surface area contributed by atoms with Crippen molar-refractivity contribution in [3.63, 3.8) is 0 Å². The van der Waals surface area contributed by atoms with E-state index in [9.17, 15) is 14.7 Å². The summed E-state index contributed by atoms with van der Waals surface area (Å²) in [6.07, 6.45) is 19.1. The van der Waals surface area contributed by atoms with E-state index in [1.54, 1.807) is 5.56 Å². The molecule has 0 heterocycles. The molecule has 0 amide bonds. The van der Waals surface area contributed by atoms with Gasteiger partial charge in [0.2, 0.25) is 5.78 Å². The summed E-state index contributed by atoms with van der Waals surface area (Å²) < 4.78 is 5.24. The van der Waals surface area contributed by atoms with Crippen LogP contribution in [0.3, 0.4) is 0 Å². The SMILES string of the molecule is CCCCCc1ccc(C2CCC3CC(C4CCC(C(CCO)COC(=O)C(C)=O)CC4)CCC3C2)cc1. The van der Waals surface area contributed by atoms with Gasteiger partial charge in [-0.05, 0) is 136 Å². The third kappa shape index (κ3) is 7.93. The minimum absolute atomic E-state index is 0.109. The monoisotopic (exact) mass is 524 g/mol. The molecule has 5 unspecified atom stereocenters. The molecule has 212 valence electrons. The quantitative estimate of drug-likeness (QED) is 0.173. The Labute approximate surface area is 231 Å². The second-order valence-electron chi connectivity index (χ2n) is 12.9. The molecule has 0 radical (unpaired) electrons. The zero-order valence-corrected chi connectivity index (χ0v) is 24.0. The molecule has 0 spiro atoms. The van der Waals surface area contributed by atoms with E-state index in [4.69, 9.17) is 4.74 Å². The molecule has 0 bridgehead atoms. The van der Waals surface area contributed by atoms with Crippen LogP contribution in [-0.2, 0) is 20.7 Å². The standard InChI is InChI=1S/C34H52O4/c1-3-4-5-6-25-7-9-26(10-8-25)29-15-17-32-22-30(16-18-31(32)21-29)27-11-13-28(14-12-27)33(19-20-35)23-38-34(37)24(2)36/h7-10,27-33,35H,3-6,11-23H2,1-2H3. The number of Topliss-reactive ketones (excluding diaryl/α,β-unsaturated/α-hetero) is 1. The Morgan fingerprint density at radius 3 is 2.16 bits per heavy atom. The normalized spacial score (nSPS) is 30.3. The fourth-order valence-corrected chi connectivity index (χ4v) is 8.19. The van der Waals surface area contributed by atoms with Crippen molar-refractivity contribution >= 4 is 11.8 Å². The first-order valence-corrected chi connectivity index (χ1v) is 15.9. The van der Waals surface area contributed by atoms with Crippen molar-refractivity contribution in [1.82, 2.24) is 0 Å². The number of rotatable bonds is 12. The van der Waals surface area contributed by atoms with Crippen LogP contribution in [0, 0.1) is 35.5 Å². The second kappa shape index (κ2) is 14.6. The van der Waals surface area contributed by atoms with Gasteiger partial charge in [-0.15, -0.1) is 0 Å². The molecular weight excluding hydrogens is 472 g/mol. The van der Waals surface area contributed by atoms with Crippen molar-refractivity contribution in [2.75, 3.05) is 13.2 Å². The summed E-state index contributed by atoms with van der Waals surface area (Å²) in [6, 6.07) is 9.65. The van der Waals surface area contributed by atoms with E-state index in [1.807, 2.05) is 0 Å². The van der Waals surface area contributed by atoms with Gasteiger partial charge in [-0.1, -0.05) is 44.0 Å². The number of hydrogen-bond acceptors (Lipinski definition) is 4. The Morgan fingerprint density at radius 2 is 1.50 bits per heavy atom. The van der Waals surface area contributed by atoms with E-state index in [-0.39, 0.29) is 19.1 Å². The maximum atomic E-state index is 11.6. The Balaban J connectivity index is 1.22. The molecule has 1 aromatic rings. The van der Waals surface area contributed by atoms with Crippen LogP contribution >= 0.6 is 0 Å². The van der Waals surface area contributed by atoms with Gasteiger partial charge in [0.05, 0.1) is 6.61 Å². The lowest BCUT2D eigenvalue weighted by Crippen LogP contribution is -2.35. The molecule has 3 aliphatic rings. The van der Waals surface area contributed by atoms with Crippen molar-refractivity contribution in [1.29, 1.82) is 0 Å². The van der Waals surface area contributed by atoms with Gasteiger partial charge in [0.1, 0.15) is 0 Å². The van der Waals surface area contributed by atoms with Gasteiger partial charge in [-0.3, -0.25) is 4.79 Å². The summed E-state index contributed by atoms with van der Waals surface area (Å²) in [4.78, 5) is 22.9. The van der Waals surface area contributed by atoms with Crippen LogP contribution in [0.4, 0.5) is 0 Å². The van der Waals surface area contributed by atoms with Gasteiger partial charge in [0, 0.05) is 13.5 Å². The number of aryl methyl sites for hydroxylation is 1. The van der Waals surface area contributed by atoms with Gasteiger partial charge >= 0.3 is 5.97 Å². The fraction of sp³-hybridized carbons (Fsp3) is 0.765. The van der Waals surface area contributed by atoms with Crippen LogP contribution in [0.5, 0.6) is 0 Å². The molecule has 3 aliphatic carbocycles. The van der Waals surface area contributed by atoms with Crippen molar-refractivity contribution in [3.8, 4) is 0 Å². The Hall–Kier alpha value is -1.68. The predicted molar refractivity (Wildman–Crippen MR) is 153 cm³/mol. The summed E-state index contributed by atoms with van der Waals surface area (Å²) in [6.45, 7) is 3.90. The number of aliphatic hydroxyl groups excluding tert-OH is 1. The number of benzene rings is 1. The summed E-state index contributed by atoms with van der Waals surface area (Å²) in [5.41, 5.74) is 3.08. The molecule has 5 atom stereocenters. The number of ketones is 1. The highest BCUT2D eigenvalue weighted by Crippen LogP contribution is 2.51. The first-order chi connectivity index (χ1) is 18.5. The van der Waals surface area contributed by atoms with E-state index < -0.39 is 11.8 Å². The molecule has 4 nitrogen and oxygen atoms in total. The molecule has 38 heavy (non-hydrogen) atoms. The highest BCUT2D eigenvalue weighted by Gasteiger charge is 2.39. The maximum Gasteiger partial charge on any atom is 0.374 e. The predicted octanol–water partition coefficient (Wildman–Crippen LogP) is 7.66. The summed E-state index contributed by atoms with van der Waals surface area (Å²) >= 11 is 0. The van der Waals surface area contributed by atoms with E-state index in [2.05, 4.69) is 31.2 Å². The first kappa shape index (κ1) is 29.3. The average molecular weight is 525 g/mol. The Kier molecular flexibility index (Phi) is 11.3. The number of unbranched alkanes of at least 4 members (excludes halogenated alkanes) is 2. The lowest BCUT2D eigenvalue weighted by Gasteiger charge is -2.46. The number of hydrogen-bond donors (Lipinski definition) is 1. The summed E-state index contributed by atoms with van der Waals surface area (Å²) in [7, 11) is 0. The van der Waals surface area contributed by atoms with E-state index in [0.717, 1.165) is 42.4 Å². The topological polar surface area (TPSA) is 63.6 Å². The van der Waals surface area contributed by atoms with Crippen LogP contribution < -0.4 is 0 Å². The van der Waals surface area contributed by atoms with Gasteiger partial charge in [0.25, 0.3) is 0 Å². The molecule has 1 N–H and O–H groups in total. The third-order valence-corrected chi connectivity index (χ3v) is 10.5. The van der Waals surface area contributed by atoms with Gasteiger partial charge < -0.3 is 9.84 Å². The molecular formula is C34H52O4. The van der Waals surface area contributed by atoms with Crippen molar-refractivity contribution in [2.45, 2.75) is 116 Å². The zero-order valence-electron chi connectivity index (χ0n) is 24.0. The van der Waals surface area contributed by atoms with Gasteiger partial charge in [-0.25, -0.2) is 4.79 Å². The lowest BCUT2D eigenvalue weighted by atomic mass is 9.60. The maximum absolute atomic E-state index is 11.6. The molecule has 3 fully saturated rings. The van der Waals surface area contributed by atoms with Crippen molar-refractivity contribution < 1.29 is 19.4 Å². The number of carbonyl (C=O) groups excluding carboxylic acids is 2. The summed E-state index contributed by atoms with van der Waals surface area (Å²) in [5.74, 6) is 3.67. The van der Waals surface area contributed by atoms with Crippen LogP contribution in [0.1, 0.15) is 121 Å². The average Bonchev–Trinajstić information content (AvgIpc) is 2.95. The van der Waals surface area contributed by atoms with Crippen molar-refractivity contribution in [3.05, 3.63) is 35.4 Å². The largest absolute Gasteiger partial charge is 0.460 e. The molecule has 0 aromatic heterocycles. The third-order valence-electron chi connectivity index (χ3n) is 10.5. The zero-order chi connectivity index (χ0) is 26.9. The van der Waals surface area contributed by atoms with E-state index in [1.165, 1.54) is 89.5 Å². The molecule has 4 heteroatoms. The molecule has 0 aliphatic heterocycles. The van der Waals surface area contributed by atoms with Crippen LogP contribution in [0.2, 0.25) is 0 Å². The molecule has 4 rings (SSSR count). The van der Waals surface area contributed by atoms with Crippen LogP contribution in [-0.4, -0.2) is 30.1 Å². The van der Waals surface area contributed by atoms with E-state index >= 15 is 0 Å². The number of esters is 1. The minimum atomic E-state index is -0.743. The Morgan fingerprint density at radius 1 is 0.868 bits per heavy atom. The summed E-state index contributed by atoms with van der Waals surface area (Å²) in [5, 5.41) is 9.54. The first-order valence-electron chi connectivity index (χ1n) is 15.9. The smallest absolute Gasteiger partial charge is 0.374 e. The molecule has 1 aromatic carbocycles. The number of fused-ring (bicyclic) bond motifs is 1. The van der Waals surface area contributed by atoms with Gasteiger partial charge in [0.15, 0.2) is 0 Å². The molecule has 0 saturated heterocycles. The number of carbonyl (C=O) groups is 2. The highest BCUT2D eigenvalue weighted by atomic mass is 16.5. The second-order valence-corrected chi connectivity index (χ2v) is 12.9. The fourth-order valence-electron chi connectivity index (χ4n) is 8.19. The highest BCUT2D eigenvalue weighted by molar-refractivity contribution is 6.32. The van der Waals surface area contributed by atoms with Crippen LogP contribution in [0.25, 0.3) is 0 Å².